The second kappa shape index (κ2) is 9.73. The van der Waals surface area contributed by atoms with Gasteiger partial charge >= 0.3 is 0 Å². The predicted molar refractivity (Wildman–Crippen MR) is 80.4 cm³/mol. The quantitative estimate of drug-likeness (QED) is 0.623. The van der Waals surface area contributed by atoms with E-state index in [0.29, 0.717) is 12.5 Å². The van der Waals surface area contributed by atoms with Crippen molar-refractivity contribution in [1.82, 2.24) is 0 Å². The number of aliphatic hydroxyl groups is 1. The predicted octanol–water partition coefficient (Wildman–Crippen LogP) is 3.78. The molecule has 0 aromatic heterocycles. The van der Waals surface area contributed by atoms with Crippen LogP contribution in [0.25, 0.3) is 0 Å². The number of hydrogen-bond acceptors (Lipinski definition) is 3. The van der Waals surface area contributed by atoms with Crippen molar-refractivity contribution in [2.75, 3.05) is 13.2 Å². The number of ether oxygens (including phenoxy) is 2. The summed E-state index contributed by atoms with van der Waals surface area (Å²) in [6.45, 7) is 13.5. The van der Waals surface area contributed by atoms with Gasteiger partial charge < -0.3 is 14.6 Å². The molecule has 1 N–H and O–H groups in total. The van der Waals surface area contributed by atoms with Crippen molar-refractivity contribution in [2.24, 2.45) is 5.92 Å². The van der Waals surface area contributed by atoms with Crippen LogP contribution in [0.4, 0.5) is 0 Å². The highest BCUT2D eigenvalue weighted by atomic mass is 16.6. The number of hydrogen-bond donors (Lipinski definition) is 1. The van der Waals surface area contributed by atoms with E-state index >= 15 is 0 Å². The summed E-state index contributed by atoms with van der Waals surface area (Å²) in [5.74, 6) is 0.682. The van der Waals surface area contributed by atoms with Crippen LogP contribution in [0.1, 0.15) is 67.2 Å². The van der Waals surface area contributed by atoms with Gasteiger partial charge in [0.2, 0.25) is 0 Å². The van der Waals surface area contributed by atoms with Crippen LogP contribution in [-0.4, -0.2) is 36.1 Å². The molecule has 0 aromatic rings. The van der Waals surface area contributed by atoms with Gasteiger partial charge in [0, 0.05) is 0 Å². The van der Waals surface area contributed by atoms with E-state index in [2.05, 4.69) is 34.6 Å². The van der Waals surface area contributed by atoms with Gasteiger partial charge in [-0.25, -0.2) is 0 Å². The first-order valence-corrected chi connectivity index (χ1v) is 7.77. The average Bonchev–Trinajstić information content (AvgIpc) is 2.35. The minimum absolute atomic E-state index is 0.0601. The summed E-state index contributed by atoms with van der Waals surface area (Å²) in [6, 6.07) is 0. The molecule has 3 nitrogen and oxygen atoms in total. The highest BCUT2D eigenvalue weighted by Crippen LogP contribution is 2.29. The lowest BCUT2D eigenvalue weighted by Gasteiger charge is -2.35. The van der Waals surface area contributed by atoms with Crippen molar-refractivity contribution in [3.63, 3.8) is 0 Å². The molecule has 0 spiro atoms. The molecule has 0 saturated carbocycles. The fourth-order valence-corrected chi connectivity index (χ4v) is 2.49. The minimum atomic E-state index is -0.113. The summed E-state index contributed by atoms with van der Waals surface area (Å²) < 4.78 is 11.8. The highest BCUT2D eigenvalue weighted by Gasteiger charge is 2.28. The lowest BCUT2D eigenvalue weighted by Crippen LogP contribution is -2.36. The second-order valence-corrected chi connectivity index (χ2v) is 6.17. The van der Waals surface area contributed by atoms with Crippen LogP contribution < -0.4 is 0 Å². The second-order valence-electron chi connectivity index (χ2n) is 6.17. The van der Waals surface area contributed by atoms with E-state index in [4.69, 9.17) is 14.6 Å². The monoisotopic (exact) mass is 274 g/mol. The van der Waals surface area contributed by atoms with Gasteiger partial charge in [0.05, 0.1) is 31.0 Å². The van der Waals surface area contributed by atoms with Gasteiger partial charge in [-0.3, -0.25) is 0 Å². The summed E-state index contributed by atoms with van der Waals surface area (Å²) in [5.41, 5.74) is -0.0601. The minimum Gasteiger partial charge on any atom is -0.394 e. The Morgan fingerprint density at radius 3 is 2.21 bits per heavy atom. The first-order chi connectivity index (χ1) is 8.86. The van der Waals surface area contributed by atoms with Gasteiger partial charge in [-0.1, -0.05) is 33.6 Å². The molecule has 0 aromatic carbocycles. The number of aliphatic hydroxyl groups excluding tert-OH is 1. The van der Waals surface area contributed by atoms with Crippen LogP contribution in [0, 0.1) is 5.92 Å². The lowest BCUT2D eigenvalue weighted by molar-refractivity contribution is -0.126. The van der Waals surface area contributed by atoms with Gasteiger partial charge in [0.1, 0.15) is 0 Å². The Morgan fingerprint density at radius 1 is 1.11 bits per heavy atom. The third kappa shape index (κ3) is 8.61. The van der Waals surface area contributed by atoms with Crippen LogP contribution in [0.3, 0.4) is 0 Å². The Balaban J connectivity index is 4.30. The molecule has 4 atom stereocenters. The summed E-state index contributed by atoms with van der Waals surface area (Å²) in [6.07, 6.45) is 4.45. The zero-order valence-corrected chi connectivity index (χ0v) is 13.7. The van der Waals surface area contributed by atoms with E-state index in [0.717, 1.165) is 19.3 Å². The summed E-state index contributed by atoms with van der Waals surface area (Å²) in [4.78, 5) is 0. The Labute approximate surface area is 119 Å². The molecule has 0 aliphatic rings. The van der Waals surface area contributed by atoms with Crippen LogP contribution in [0.5, 0.6) is 0 Å². The molecule has 0 amide bonds. The molecular formula is C16H34O3. The van der Waals surface area contributed by atoms with Gasteiger partial charge in [-0.05, 0) is 39.5 Å². The SMILES string of the molecule is CCCC(C)(CC(C)CC)OC(C)COC(C)CO. The fourth-order valence-electron chi connectivity index (χ4n) is 2.49. The normalized spacial score (nSPS) is 19.7. The highest BCUT2D eigenvalue weighted by molar-refractivity contribution is 4.78. The average molecular weight is 274 g/mol. The number of rotatable bonds is 11. The summed E-state index contributed by atoms with van der Waals surface area (Å²) in [5, 5.41) is 8.95. The van der Waals surface area contributed by atoms with E-state index in [1.54, 1.807) is 0 Å². The molecule has 19 heavy (non-hydrogen) atoms. The van der Waals surface area contributed by atoms with Crippen molar-refractivity contribution in [2.45, 2.75) is 85.0 Å². The Morgan fingerprint density at radius 2 is 1.74 bits per heavy atom. The topological polar surface area (TPSA) is 38.7 Å². The van der Waals surface area contributed by atoms with Gasteiger partial charge in [-0.2, -0.15) is 0 Å². The zero-order valence-electron chi connectivity index (χ0n) is 13.7. The van der Waals surface area contributed by atoms with Gasteiger partial charge in [0.15, 0.2) is 0 Å². The first kappa shape index (κ1) is 18.9. The fraction of sp³-hybridized carbons (Fsp3) is 1.00. The van der Waals surface area contributed by atoms with Crippen LogP contribution >= 0.6 is 0 Å². The Kier molecular flexibility index (Phi) is 9.67. The molecule has 4 unspecified atom stereocenters. The lowest BCUT2D eigenvalue weighted by atomic mass is 9.87. The standard InChI is InChI=1S/C16H34O3/c1-7-9-16(6,10-13(3)8-2)19-15(5)12-18-14(4)11-17/h13-15,17H,7-12H2,1-6H3. The maximum Gasteiger partial charge on any atom is 0.0788 e. The molecule has 0 aliphatic carbocycles. The Hall–Kier alpha value is -0.120. The molecule has 0 heterocycles. The maximum atomic E-state index is 8.95. The van der Waals surface area contributed by atoms with Gasteiger partial charge in [-0.15, -0.1) is 0 Å². The third-order valence-electron chi connectivity index (χ3n) is 3.61. The summed E-state index contributed by atoms with van der Waals surface area (Å²) in [7, 11) is 0. The molecular weight excluding hydrogens is 240 g/mol. The van der Waals surface area contributed by atoms with E-state index < -0.39 is 0 Å². The smallest absolute Gasteiger partial charge is 0.0788 e. The maximum absolute atomic E-state index is 8.95. The van der Waals surface area contributed by atoms with Crippen LogP contribution in [0.15, 0.2) is 0 Å². The molecule has 0 fully saturated rings. The Bertz CT molecular complexity index is 220. The largest absolute Gasteiger partial charge is 0.394 e. The molecule has 0 saturated heterocycles. The van der Waals surface area contributed by atoms with Crippen molar-refractivity contribution < 1.29 is 14.6 Å². The third-order valence-corrected chi connectivity index (χ3v) is 3.61. The van der Waals surface area contributed by atoms with Gasteiger partial charge in [0.25, 0.3) is 0 Å². The van der Waals surface area contributed by atoms with E-state index in [-0.39, 0.29) is 24.4 Å². The molecule has 0 radical (unpaired) electrons. The van der Waals surface area contributed by atoms with Crippen molar-refractivity contribution in [3.05, 3.63) is 0 Å². The van der Waals surface area contributed by atoms with Crippen molar-refractivity contribution in [3.8, 4) is 0 Å². The van der Waals surface area contributed by atoms with Crippen molar-refractivity contribution >= 4 is 0 Å². The van der Waals surface area contributed by atoms with Crippen LogP contribution in [0.2, 0.25) is 0 Å². The molecule has 0 aliphatic heterocycles. The molecule has 116 valence electrons. The zero-order chi connectivity index (χ0) is 14.9. The molecule has 0 rings (SSSR count). The molecule has 0 bridgehead atoms. The summed E-state index contributed by atoms with van der Waals surface area (Å²) >= 11 is 0. The van der Waals surface area contributed by atoms with E-state index in [9.17, 15) is 0 Å². The van der Waals surface area contributed by atoms with E-state index in [1.165, 1.54) is 6.42 Å². The van der Waals surface area contributed by atoms with Crippen LogP contribution in [-0.2, 0) is 9.47 Å². The first-order valence-electron chi connectivity index (χ1n) is 7.77. The van der Waals surface area contributed by atoms with E-state index in [1.807, 2.05) is 6.92 Å². The molecule has 3 heteroatoms. The van der Waals surface area contributed by atoms with Crippen molar-refractivity contribution in [1.29, 1.82) is 0 Å².